The van der Waals surface area contributed by atoms with E-state index in [-0.39, 0.29) is 22.4 Å². The second-order valence-electron chi connectivity index (χ2n) is 6.49. The lowest BCUT2D eigenvalue weighted by Crippen LogP contribution is -2.44. The van der Waals surface area contributed by atoms with Crippen molar-refractivity contribution in [2.75, 3.05) is 5.32 Å². The van der Waals surface area contributed by atoms with Crippen LogP contribution in [-0.2, 0) is 4.79 Å². The van der Waals surface area contributed by atoms with Crippen molar-refractivity contribution in [3.8, 4) is 0 Å². The molecule has 0 aliphatic heterocycles. The number of aryl methyl sites for hydroxylation is 1. The summed E-state index contributed by atoms with van der Waals surface area (Å²) in [7, 11) is 0. The molecule has 0 aliphatic carbocycles. The zero-order valence-electron chi connectivity index (χ0n) is 14.8. The maximum atomic E-state index is 12.6. The quantitative estimate of drug-likeness (QED) is 0.759. The first kappa shape index (κ1) is 20.2. The summed E-state index contributed by atoms with van der Waals surface area (Å²) in [5, 5.41) is 6.16. The summed E-state index contributed by atoms with van der Waals surface area (Å²) in [6.45, 7) is 5.87. The van der Waals surface area contributed by atoms with Gasteiger partial charge in [-0.05, 0) is 49.1 Å². The lowest BCUT2D eigenvalue weighted by molar-refractivity contribution is -0.118. The van der Waals surface area contributed by atoms with Gasteiger partial charge in [0.05, 0.1) is 10.6 Å². The number of anilines is 1. The number of aromatic nitrogens is 1. The highest BCUT2D eigenvalue weighted by Gasteiger charge is 2.24. The summed E-state index contributed by atoms with van der Waals surface area (Å²) in [6.07, 6.45) is 2.15. The van der Waals surface area contributed by atoms with Gasteiger partial charge in [-0.15, -0.1) is 0 Å². The van der Waals surface area contributed by atoms with Crippen LogP contribution in [0.3, 0.4) is 0 Å². The van der Waals surface area contributed by atoms with Gasteiger partial charge in [-0.2, -0.15) is 0 Å². The number of amides is 2. The Labute approximate surface area is 163 Å². The van der Waals surface area contributed by atoms with E-state index >= 15 is 0 Å². The number of rotatable bonds is 6. The first-order valence-corrected chi connectivity index (χ1v) is 9.01. The molecule has 1 atom stereocenters. The molecule has 1 unspecified atom stereocenters. The number of halogens is 2. The molecule has 1 aromatic carbocycles. The van der Waals surface area contributed by atoms with E-state index in [9.17, 15) is 9.59 Å². The monoisotopic (exact) mass is 393 g/mol. The summed E-state index contributed by atoms with van der Waals surface area (Å²) in [5.74, 6) is -0.108. The van der Waals surface area contributed by atoms with Crippen LogP contribution in [0.4, 0.5) is 5.82 Å². The van der Waals surface area contributed by atoms with Gasteiger partial charge in [-0.3, -0.25) is 9.59 Å². The number of nitrogens with zero attached hydrogens (tertiary/aromatic N) is 1. The van der Waals surface area contributed by atoms with E-state index < -0.39 is 11.9 Å². The minimum atomic E-state index is -0.711. The Morgan fingerprint density at radius 1 is 1.15 bits per heavy atom. The molecule has 0 bridgehead atoms. The molecule has 0 aliphatic rings. The molecule has 1 aromatic heterocycles. The zero-order chi connectivity index (χ0) is 19.3. The summed E-state index contributed by atoms with van der Waals surface area (Å²) >= 11 is 11.9. The van der Waals surface area contributed by atoms with Gasteiger partial charge in [0.2, 0.25) is 5.91 Å². The Morgan fingerprint density at radius 2 is 1.88 bits per heavy atom. The fourth-order valence-electron chi connectivity index (χ4n) is 2.37. The summed E-state index contributed by atoms with van der Waals surface area (Å²) in [6, 6.07) is 7.47. The normalized spacial score (nSPS) is 11.9. The van der Waals surface area contributed by atoms with Crippen LogP contribution in [0.15, 0.2) is 36.5 Å². The average Bonchev–Trinajstić information content (AvgIpc) is 2.55. The molecule has 26 heavy (non-hydrogen) atoms. The lowest BCUT2D eigenvalue weighted by Gasteiger charge is -2.20. The molecule has 0 fully saturated rings. The van der Waals surface area contributed by atoms with Gasteiger partial charge < -0.3 is 10.6 Å². The van der Waals surface area contributed by atoms with Crippen LogP contribution < -0.4 is 10.6 Å². The third-order valence-corrected chi connectivity index (χ3v) is 4.22. The first-order valence-electron chi connectivity index (χ1n) is 8.25. The van der Waals surface area contributed by atoms with E-state index in [2.05, 4.69) is 15.6 Å². The number of pyridine rings is 1. The van der Waals surface area contributed by atoms with Crippen LogP contribution in [0.25, 0.3) is 0 Å². The van der Waals surface area contributed by atoms with E-state index in [4.69, 9.17) is 23.2 Å². The van der Waals surface area contributed by atoms with Gasteiger partial charge in [0.1, 0.15) is 11.9 Å². The van der Waals surface area contributed by atoms with Crippen molar-refractivity contribution in [3.63, 3.8) is 0 Å². The number of benzene rings is 1. The molecule has 138 valence electrons. The van der Waals surface area contributed by atoms with Crippen LogP contribution in [0, 0.1) is 12.8 Å². The molecule has 1 heterocycles. The second-order valence-corrected chi connectivity index (χ2v) is 7.33. The molecule has 0 spiro atoms. The van der Waals surface area contributed by atoms with Crippen molar-refractivity contribution in [2.24, 2.45) is 5.92 Å². The molecule has 0 saturated carbocycles. The van der Waals surface area contributed by atoms with Gasteiger partial charge in [0.15, 0.2) is 0 Å². The third-order valence-electron chi connectivity index (χ3n) is 3.67. The molecule has 2 N–H and O–H groups in total. The predicted molar refractivity (Wildman–Crippen MR) is 105 cm³/mol. The molecule has 2 amide bonds. The van der Waals surface area contributed by atoms with Gasteiger partial charge >= 0.3 is 0 Å². The molecular formula is C19H21Cl2N3O2. The Morgan fingerprint density at radius 3 is 2.46 bits per heavy atom. The van der Waals surface area contributed by atoms with E-state index in [1.807, 2.05) is 26.8 Å². The van der Waals surface area contributed by atoms with Gasteiger partial charge in [0, 0.05) is 11.2 Å². The van der Waals surface area contributed by atoms with Crippen molar-refractivity contribution in [2.45, 2.75) is 33.2 Å². The van der Waals surface area contributed by atoms with Crippen LogP contribution in [0.5, 0.6) is 0 Å². The Kier molecular flexibility index (Phi) is 7.00. The van der Waals surface area contributed by atoms with Gasteiger partial charge in [-0.25, -0.2) is 4.98 Å². The van der Waals surface area contributed by atoms with Crippen molar-refractivity contribution < 1.29 is 9.59 Å². The maximum absolute atomic E-state index is 12.6. The number of nitrogens with one attached hydrogen (secondary N) is 2. The molecule has 0 radical (unpaired) electrons. The number of carbonyl (C=O) groups excluding carboxylic acids is 2. The van der Waals surface area contributed by atoms with Crippen molar-refractivity contribution in [1.29, 1.82) is 0 Å². The third kappa shape index (κ3) is 5.71. The first-order chi connectivity index (χ1) is 12.3. The minimum absolute atomic E-state index is 0.206. The number of hydrogen-bond acceptors (Lipinski definition) is 3. The number of carbonyl (C=O) groups is 2. The molecule has 0 saturated heterocycles. The van der Waals surface area contributed by atoms with E-state index in [0.29, 0.717) is 17.3 Å². The minimum Gasteiger partial charge on any atom is -0.340 e. The summed E-state index contributed by atoms with van der Waals surface area (Å²) in [5.41, 5.74) is 1.26. The van der Waals surface area contributed by atoms with E-state index in [1.54, 1.807) is 18.3 Å². The second kappa shape index (κ2) is 9.01. The zero-order valence-corrected chi connectivity index (χ0v) is 16.4. The van der Waals surface area contributed by atoms with Gasteiger partial charge in [-0.1, -0.05) is 43.1 Å². The average molecular weight is 394 g/mol. The molecular weight excluding hydrogens is 373 g/mol. The number of hydrogen-bond donors (Lipinski definition) is 2. The highest BCUT2D eigenvalue weighted by Crippen LogP contribution is 2.21. The summed E-state index contributed by atoms with van der Waals surface area (Å²) < 4.78 is 0. The standard InChI is InChI=1S/C19H21Cl2N3O2/c1-11(2)8-16(19(26)24-17-7-4-12(3)10-22-17)23-18(25)14-6-5-13(20)9-15(14)21/h4-7,9-11,16H,8H2,1-3H3,(H,23,25)(H,22,24,26). The van der Waals surface area contributed by atoms with E-state index in [0.717, 1.165) is 5.56 Å². The smallest absolute Gasteiger partial charge is 0.253 e. The Balaban J connectivity index is 2.14. The molecule has 2 rings (SSSR count). The fraction of sp³-hybridized carbons (Fsp3) is 0.316. The largest absolute Gasteiger partial charge is 0.340 e. The van der Waals surface area contributed by atoms with Crippen molar-refractivity contribution in [3.05, 3.63) is 57.7 Å². The van der Waals surface area contributed by atoms with E-state index in [1.165, 1.54) is 12.1 Å². The Hall–Kier alpha value is -2.11. The predicted octanol–water partition coefficient (Wildman–Crippen LogP) is 4.48. The van der Waals surface area contributed by atoms with Crippen LogP contribution in [0.2, 0.25) is 10.0 Å². The van der Waals surface area contributed by atoms with Crippen molar-refractivity contribution >= 4 is 40.8 Å². The van der Waals surface area contributed by atoms with Crippen LogP contribution >= 0.6 is 23.2 Å². The maximum Gasteiger partial charge on any atom is 0.253 e. The highest BCUT2D eigenvalue weighted by molar-refractivity contribution is 6.36. The van der Waals surface area contributed by atoms with Crippen molar-refractivity contribution in [1.82, 2.24) is 10.3 Å². The highest BCUT2D eigenvalue weighted by atomic mass is 35.5. The molecule has 2 aromatic rings. The van der Waals surface area contributed by atoms with Crippen LogP contribution in [-0.4, -0.2) is 22.8 Å². The summed E-state index contributed by atoms with van der Waals surface area (Å²) in [4.78, 5) is 29.3. The Bertz CT molecular complexity index is 792. The van der Waals surface area contributed by atoms with Crippen LogP contribution in [0.1, 0.15) is 36.2 Å². The van der Waals surface area contributed by atoms with Gasteiger partial charge in [0.25, 0.3) is 5.91 Å². The fourth-order valence-corrected chi connectivity index (χ4v) is 2.86. The SMILES string of the molecule is Cc1ccc(NC(=O)C(CC(C)C)NC(=O)c2ccc(Cl)cc2Cl)nc1. The topological polar surface area (TPSA) is 71.1 Å². The molecule has 7 heteroatoms. The lowest BCUT2D eigenvalue weighted by atomic mass is 10.0. The molecule has 5 nitrogen and oxygen atoms in total.